The minimum atomic E-state index is -0.421. The van der Waals surface area contributed by atoms with Crippen molar-refractivity contribution in [3.8, 4) is 0 Å². The molecule has 0 aliphatic carbocycles. The number of halogens is 1. The van der Waals surface area contributed by atoms with Crippen LogP contribution in [-0.2, 0) is 0 Å². The van der Waals surface area contributed by atoms with Gasteiger partial charge in [0, 0.05) is 18.7 Å². The van der Waals surface area contributed by atoms with Gasteiger partial charge in [0.15, 0.2) is 0 Å². The van der Waals surface area contributed by atoms with Crippen molar-refractivity contribution in [2.24, 2.45) is 5.73 Å². The zero-order chi connectivity index (χ0) is 14.6. The molecule has 0 unspecified atom stereocenters. The van der Waals surface area contributed by atoms with E-state index in [1.165, 1.54) is 6.07 Å². The molecule has 0 aliphatic rings. The van der Waals surface area contributed by atoms with Crippen molar-refractivity contribution < 1.29 is 4.92 Å². The molecule has 0 aliphatic heterocycles. The number of hydrogen-bond acceptors (Lipinski definition) is 4. The van der Waals surface area contributed by atoms with E-state index >= 15 is 0 Å². The molecule has 0 bridgehead atoms. The first-order valence-corrected chi connectivity index (χ1v) is 6.59. The number of rotatable bonds is 6. The smallest absolute Gasteiger partial charge is 0.331 e. The highest BCUT2D eigenvalue weighted by Gasteiger charge is 2.34. The molecule has 0 saturated carbocycles. The normalized spacial score (nSPS) is 11.6. The Kier molecular flexibility index (Phi) is 5.11. The maximum absolute atomic E-state index is 11.2. The molecule has 1 aromatic carbocycles. The molecule has 0 spiro atoms. The number of anilines is 1. The zero-order valence-electron chi connectivity index (χ0n) is 11.2. The summed E-state index contributed by atoms with van der Waals surface area (Å²) in [6.07, 6.45) is 0. The molecule has 7 heteroatoms. The Morgan fingerprint density at radius 2 is 1.95 bits per heavy atom. The highest BCUT2D eigenvalue weighted by atomic mass is 35.5. The van der Waals surface area contributed by atoms with Crippen LogP contribution in [0.15, 0.2) is 12.1 Å². The van der Waals surface area contributed by atoms with Gasteiger partial charge in [0.2, 0.25) is 5.69 Å². The molecule has 1 rings (SSSR count). The number of quaternary nitrogens is 1. The van der Waals surface area contributed by atoms with Crippen molar-refractivity contribution in [3.63, 3.8) is 0 Å². The van der Waals surface area contributed by atoms with E-state index < -0.39 is 4.92 Å². The van der Waals surface area contributed by atoms with Crippen LogP contribution in [0, 0.1) is 10.1 Å². The highest BCUT2D eigenvalue weighted by Crippen LogP contribution is 2.38. The molecule has 0 amide bonds. The zero-order valence-corrected chi connectivity index (χ0v) is 12.0. The van der Waals surface area contributed by atoms with Gasteiger partial charge in [0.25, 0.3) is 0 Å². The number of nitrogens with two attached hydrogens (primary N) is 2. The van der Waals surface area contributed by atoms with E-state index in [4.69, 9.17) is 23.1 Å². The number of nitrogen functional groups attached to an aromatic ring is 1. The van der Waals surface area contributed by atoms with E-state index in [0.717, 1.165) is 0 Å². The minimum Gasteiger partial charge on any atom is -0.397 e. The maximum Gasteiger partial charge on any atom is 0.331 e. The molecule has 6 nitrogen and oxygen atoms in total. The molecule has 0 fully saturated rings. The van der Waals surface area contributed by atoms with Crippen LogP contribution in [0.1, 0.15) is 13.8 Å². The molecule has 0 atom stereocenters. The van der Waals surface area contributed by atoms with Crippen LogP contribution in [0.5, 0.6) is 0 Å². The van der Waals surface area contributed by atoms with E-state index in [2.05, 4.69) is 0 Å². The second-order valence-electron chi connectivity index (χ2n) is 4.41. The van der Waals surface area contributed by atoms with Crippen LogP contribution in [0.2, 0.25) is 5.02 Å². The van der Waals surface area contributed by atoms with Crippen LogP contribution in [0.4, 0.5) is 17.1 Å². The van der Waals surface area contributed by atoms with Gasteiger partial charge in [-0.25, -0.2) is 0 Å². The summed E-state index contributed by atoms with van der Waals surface area (Å²) in [5.74, 6) is 0. The van der Waals surface area contributed by atoms with E-state index in [1.54, 1.807) is 6.07 Å². The number of nitro groups is 1. The topological polar surface area (TPSA) is 95.2 Å². The van der Waals surface area contributed by atoms with Crippen molar-refractivity contribution in [1.29, 1.82) is 0 Å². The predicted molar refractivity (Wildman–Crippen MR) is 79.3 cm³/mol. The third kappa shape index (κ3) is 2.97. The molecule has 4 N–H and O–H groups in total. The van der Waals surface area contributed by atoms with Crippen molar-refractivity contribution >= 4 is 28.7 Å². The molecule has 0 saturated heterocycles. The third-order valence-electron chi connectivity index (χ3n) is 3.57. The number of likely N-dealkylation sites (N-methyl/N-ethyl adjacent to an activating group) is 1. The SMILES string of the molecule is CC[N+](CC)(CCN)c1cc(N)c(Cl)cc1[N+](=O)[O-]. The first-order chi connectivity index (χ1) is 8.91. The number of nitro benzene ring substituents is 1. The fraction of sp³-hybridized carbons (Fsp3) is 0.500. The van der Waals surface area contributed by atoms with Crippen molar-refractivity contribution in [3.05, 3.63) is 27.3 Å². The summed E-state index contributed by atoms with van der Waals surface area (Å²) in [6, 6.07) is 2.92. The van der Waals surface area contributed by atoms with E-state index in [-0.39, 0.29) is 10.7 Å². The second-order valence-corrected chi connectivity index (χ2v) is 4.82. The number of nitrogens with zero attached hydrogens (tertiary/aromatic N) is 2. The Labute approximate surface area is 117 Å². The van der Waals surface area contributed by atoms with E-state index in [0.29, 0.717) is 42.0 Å². The Morgan fingerprint density at radius 3 is 2.37 bits per heavy atom. The summed E-state index contributed by atoms with van der Waals surface area (Å²) in [6.45, 7) is 6.43. The van der Waals surface area contributed by atoms with Gasteiger partial charge in [-0.2, -0.15) is 0 Å². The predicted octanol–water partition coefficient (Wildman–Crippen LogP) is 2.14. The fourth-order valence-corrected chi connectivity index (χ4v) is 2.50. The van der Waals surface area contributed by atoms with Gasteiger partial charge in [-0.1, -0.05) is 11.6 Å². The minimum absolute atomic E-state index is 0.00338. The molecule has 19 heavy (non-hydrogen) atoms. The Balaban J connectivity index is 3.52. The van der Waals surface area contributed by atoms with Crippen molar-refractivity contribution in [2.75, 3.05) is 31.9 Å². The second kappa shape index (κ2) is 6.18. The fourth-order valence-electron chi connectivity index (χ4n) is 2.34. The molecular weight excluding hydrogens is 268 g/mol. The average Bonchev–Trinajstić information content (AvgIpc) is 2.38. The first kappa shape index (κ1) is 15.7. The van der Waals surface area contributed by atoms with Crippen LogP contribution in [0.3, 0.4) is 0 Å². The Bertz CT molecular complexity index is 475. The lowest BCUT2D eigenvalue weighted by Crippen LogP contribution is -2.52. The average molecular weight is 288 g/mol. The van der Waals surface area contributed by atoms with E-state index in [1.807, 2.05) is 13.8 Å². The van der Waals surface area contributed by atoms with Crippen LogP contribution < -0.4 is 16.0 Å². The Hall–Kier alpha value is -1.37. The first-order valence-electron chi connectivity index (χ1n) is 6.22. The van der Waals surface area contributed by atoms with Crippen LogP contribution >= 0.6 is 11.6 Å². The number of hydrogen-bond donors (Lipinski definition) is 2. The van der Waals surface area contributed by atoms with Crippen LogP contribution in [-0.4, -0.2) is 31.1 Å². The van der Waals surface area contributed by atoms with Gasteiger partial charge < -0.3 is 11.5 Å². The lowest BCUT2D eigenvalue weighted by molar-refractivity contribution is -0.384. The highest BCUT2D eigenvalue weighted by molar-refractivity contribution is 6.33. The molecular formula is C12H20ClN4O2+. The van der Waals surface area contributed by atoms with Crippen molar-refractivity contribution in [1.82, 2.24) is 4.48 Å². The molecule has 0 aromatic heterocycles. The molecule has 1 aromatic rings. The summed E-state index contributed by atoms with van der Waals surface area (Å²) in [5, 5.41) is 11.4. The van der Waals surface area contributed by atoms with Crippen molar-refractivity contribution in [2.45, 2.75) is 13.8 Å². The monoisotopic (exact) mass is 287 g/mol. The molecule has 0 heterocycles. The lowest BCUT2D eigenvalue weighted by Gasteiger charge is -2.35. The lowest BCUT2D eigenvalue weighted by atomic mass is 10.1. The summed E-state index contributed by atoms with van der Waals surface area (Å²) >= 11 is 5.88. The largest absolute Gasteiger partial charge is 0.397 e. The van der Waals surface area contributed by atoms with E-state index in [9.17, 15) is 10.1 Å². The third-order valence-corrected chi connectivity index (χ3v) is 3.90. The van der Waals surface area contributed by atoms with Gasteiger partial charge >= 0.3 is 5.69 Å². The summed E-state index contributed by atoms with van der Waals surface area (Å²) in [4.78, 5) is 10.8. The Morgan fingerprint density at radius 1 is 1.37 bits per heavy atom. The van der Waals surface area contributed by atoms with Gasteiger partial charge in [0.1, 0.15) is 0 Å². The van der Waals surface area contributed by atoms with Gasteiger partial charge in [-0.15, -0.1) is 0 Å². The van der Waals surface area contributed by atoms with Gasteiger partial charge in [-0.3, -0.25) is 14.6 Å². The maximum atomic E-state index is 11.2. The summed E-state index contributed by atoms with van der Waals surface area (Å²) in [5.41, 5.74) is 12.4. The van der Waals surface area contributed by atoms with Crippen LogP contribution in [0.25, 0.3) is 0 Å². The standard InChI is InChI=1S/C12H20ClN4O2/c1-3-17(4-2,6-5-14)12-8-10(15)9(13)7-11(12)16(18)19/h7-8H,3-6,14-15H2,1-2H3/q+1. The van der Waals surface area contributed by atoms with Gasteiger partial charge in [-0.05, 0) is 13.8 Å². The summed E-state index contributed by atoms with van der Waals surface area (Å²) in [7, 11) is 0. The quantitative estimate of drug-likeness (QED) is 0.363. The molecule has 106 valence electrons. The molecule has 0 radical (unpaired) electrons. The number of benzene rings is 1. The summed E-state index contributed by atoms with van der Waals surface area (Å²) < 4.78 is 0.425. The van der Waals surface area contributed by atoms with Gasteiger partial charge in [0.05, 0.1) is 35.3 Å².